The first-order valence-electron chi connectivity index (χ1n) is 2.87. The molecule has 0 N–H and O–H groups in total. The number of alkyl halides is 6. The van der Waals surface area contributed by atoms with Crippen LogP contribution < -0.4 is 0 Å². The van der Waals surface area contributed by atoms with Crippen molar-refractivity contribution < 1.29 is 26.3 Å². The zero-order valence-corrected chi connectivity index (χ0v) is 8.61. The Kier molecular flexibility index (Phi) is 3.61. The van der Waals surface area contributed by atoms with Crippen molar-refractivity contribution in [2.45, 2.75) is 24.4 Å². The fourth-order valence-corrected chi connectivity index (χ4v) is 1.61. The molecule has 0 saturated carbocycles. The van der Waals surface area contributed by atoms with Crippen LogP contribution in [0.15, 0.2) is 0 Å². The average Bonchev–Trinajstić information content (AvgIpc) is 1.81. The van der Waals surface area contributed by atoms with Gasteiger partial charge in [-0.25, -0.2) is 13.2 Å². The second kappa shape index (κ2) is 3.51. The number of hydrogen-bond acceptors (Lipinski definition) is 0. The molecule has 0 aromatic rings. The van der Waals surface area contributed by atoms with Crippen LogP contribution in [0.4, 0.5) is 26.3 Å². The number of halogens is 8. The highest BCUT2D eigenvalue weighted by molar-refractivity contribution is 7.45. The van der Waals surface area contributed by atoms with Crippen LogP contribution in [0.25, 0.3) is 0 Å². The first-order chi connectivity index (χ1) is 5.40. The molecule has 0 rings (SSSR count). The fraction of sp³-hybridized carbons (Fsp3) is 1.00. The summed E-state index contributed by atoms with van der Waals surface area (Å²) in [5.74, 6) is 0. The highest BCUT2D eigenvalue weighted by Crippen LogP contribution is 2.43. The van der Waals surface area contributed by atoms with E-state index in [2.05, 4.69) is 0 Å². The fourth-order valence-electron chi connectivity index (χ4n) is 0.428. The van der Waals surface area contributed by atoms with Crippen LogP contribution in [0.1, 0.15) is 0 Å². The lowest BCUT2D eigenvalue weighted by Gasteiger charge is -2.28. The van der Waals surface area contributed by atoms with Crippen LogP contribution in [-0.2, 0) is 0 Å². The Balaban J connectivity index is 4.86. The molecule has 0 spiro atoms. The highest BCUT2D eigenvalue weighted by atomic mass is 35.7. The van der Waals surface area contributed by atoms with E-state index in [1.54, 1.807) is 0 Å². The number of hydrogen-bond donors (Lipinski definition) is 0. The molecule has 0 heterocycles. The second-order valence-corrected chi connectivity index (χ2v) is 9.97. The third kappa shape index (κ3) is 2.92. The highest BCUT2D eigenvalue weighted by Gasteiger charge is 2.66. The van der Waals surface area contributed by atoms with Gasteiger partial charge in [0.1, 0.15) is 0 Å². The maximum Gasteiger partial charge on any atom is 0.425 e. The molecule has 0 aromatic heterocycles. The van der Waals surface area contributed by atoms with E-state index < -0.39 is 24.6 Å². The molecule has 0 nitrogen and oxygen atoms in total. The molecule has 0 radical (unpaired) electrons. The lowest BCUT2D eigenvalue weighted by Crippen LogP contribution is -2.54. The Morgan fingerprint density at radius 3 is 1.46 bits per heavy atom. The maximum absolute atomic E-state index is 12.5. The zero-order chi connectivity index (χ0) is 11.1. The van der Waals surface area contributed by atoms with E-state index in [1.165, 1.54) is 0 Å². The van der Waals surface area contributed by atoms with Gasteiger partial charge in [0.05, 0.1) is 0 Å². The largest absolute Gasteiger partial charge is 0.425 e. The van der Waals surface area contributed by atoms with Gasteiger partial charge < -0.3 is 0 Å². The van der Waals surface area contributed by atoms with Crippen LogP contribution in [-0.4, -0.2) is 24.6 Å². The zero-order valence-electron chi connectivity index (χ0n) is 6.10. The van der Waals surface area contributed by atoms with Gasteiger partial charge in [-0.2, -0.15) is 13.2 Å². The molecular weight excluding hydrogens is 261 g/mol. The van der Waals surface area contributed by atoms with E-state index in [-0.39, 0.29) is 0 Å². The molecule has 0 amide bonds. The maximum atomic E-state index is 12.5. The predicted octanol–water partition coefficient (Wildman–Crippen LogP) is 3.61. The predicted molar refractivity (Wildman–Crippen MR) is 39.2 cm³/mol. The summed E-state index contributed by atoms with van der Waals surface area (Å²) in [5.41, 5.74) is -4.74. The lowest BCUT2D eigenvalue weighted by atomic mass is 10.4. The van der Waals surface area contributed by atoms with Crippen molar-refractivity contribution in [2.75, 3.05) is 0 Å². The minimum Gasteiger partial charge on any atom is -0.231 e. The van der Waals surface area contributed by atoms with Gasteiger partial charge in [-0.3, -0.25) is 0 Å². The normalized spacial score (nSPS) is 17.3. The summed E-state index contributed by atoms with van der Waals surface area (Å²) in [5, 5.41) is 0. The van der Waals surface area contributed by atoms with Gasteiger partial charge in [-0.05, 0) is 6.55 Å². The first-order valence-corrected chi connectivity index (χ1v) is 7.39. The van der Waals surface area contributed by atoms with Crippen LogP contribution in [0, 0.1) is 0 Å². The molecule has 0 fully saturated rings. The second-order valence-electron chi connectivity index (χ2n) is 2.42. The molecular formula is C4H4Cl2F6Si. The SMILES string of the molecule is C[Si](Cl)(Cl)C(F)(F)C(F)C(F)(F)F. The van der Waals surface area contributed by atoms with Gasteiger partial charge in [-0.1, -0.05) is 0 Å². The quantitative estimate of drug-likeness (QED) is 0.406. The molecule has 0 aromatic carbocycles. The van der Waals surface area contributed by atoms with Crippen molar-refractivity contribution in [3.8, 4) is 0 Å². The third-order valence-corrected chi connectivity index (χ3v) is 4.13. The topological polar surface area (TPSA) is 0 Å². The van der Waals surface area contributed by atoms with Crippen molar-refractivity contribution in [1.82, 2.24) is 0 Å². The first kappa shape index (κ1) is 13.4. The van der Waals surface area contributed by atoms with Crippen LogP contribution >= 0.6 is 22.2 Å². The van der Waals surface area contributed by atoms with E-state index in [0.29, 0.717) is 6.55 Å². The molecule has 0 bridgehead atoms. The molecule has 0 saturated heterocycles. The van der Waals surface area contributed by atoms with E-state index >= 15 is 0 Å². The summed E-state index contributed by atoms with van der Waals surface area (Å²) in [6, 6.07) is 0. The van der Waals surface area contributed by atoms with E-state index in [9.17, 15) is 26.3 Å². The van der Waals surface area contributed by atoms with Crippen molar-refractivity contribution in [3.63, 3.8) is 0 Å². The van der Waals surface area contributed by atoms with Crippen LogP contribution in [0.2, 0.25) is 6.55 Å². The summed E-state index contributed by atoms with van der Waals surface area (Å²) in [6.07, 6.45) is -9.96. The average molecular weight is 265 g/mol. The number of rotatable bonds is 2. The summed E-state index contributed by atoms with van der Waals surface area (Å²) in [6.45, 7) is -4.02. The van der Waals surface area contributed by atoms with Crippen molar-refractivity contribution in [1.29, 1.82) is 0 Å². The summed E-state index contributed by atoms with van der Waals surface area (Å²) in [4.78, 5) is 0. The van der Waals surface area contributed by atoms with Gasteiger partial charge in [0.15, 0.2) is 0 Å². The van der Waals surface area contributed by atoms with E-state index in [4.69, 9.17) is 22.2 Å². The van der Waals surface area contributed by atoms with Gasteiger partial charge in [0.2, 0.25) is 0 Å². The Hall–Kier alpha value is 0.377. The molecule has 1 unspecified atom stereocenters. The van der Waals surface area contributed by atoms with Gasteiger partial charge >= 0.3 is 12.9 Å². The Morgan fingerprint density at radius 1 is 1.08 bits per heavy atom. The molecule has 1 atom stereocenters. The summed E-state index contributed by atoms with van der Waals surface area (Å²) in [7, 11) is 0. The lowest BCUT2D eigenvalue weighted by molar-refractivity contribution is -0.223. The summed E-state index contributed by atoms with van der Waals surface area (Å²) >= 11 is 9.68. The smallest absolute Gasteiger partial charge is 0.231 e. The van der Waals surface area contributed by atoms with Crippen molar-refractivity contribution >= 4 is 28.9 Å². The monoisotopic (exact) mass is 264 g/mol. The molecule has 0 aliphatic rings. The minimum absolute atomic E-state index is 0.522. The molecule has 9 heteroatoms. The summed E-state index contributed by atoms with van der Waals surface area (Å²) < 4.78 is 71.8. The molecule has 0 aliphatic heterocycles. The van der Waals surface area contributed by atoms with Gasteiger partial charge in [-0.15, -0.1) is 22.2 Å². The standard InChI is InChI=1S/C4H4Cl2F6Si/c1-13(5,6)4(11,12)2(7)3(8,9)10/h2H,1H3. The van der Waals surface area contributed by atoms with Crippen LogP contribution in [0.5, 0.6) is 0 Å². The van der Waals surface area contributed by atoms with Crippen molar-refractivity contribution in [3.05, 3.63) is 0 Å². The van der Waals surface area contributed by atoms with Crippen LogP contribution in [0.3, 0.4) is 0 Å². The molecule has 13 heavy (non-hydrogen) atoms. The Bertz CT molecular complexity index is 184. The van der Waals surface area contributed by atoms with Crippen molar-refractivity contribution in [2.24, 2.45) is 0 Å². The Labute approximate surface area is 80.2 Å². The molecule has 0 aliphatic carbocycles. The third-order valence-electron chi connectivity index (χ3n) is 1.19. The minimum atomic E-state index is -5.65. The molecule has 80 valence electrons. The van der Waals surface area contributed by atoms with Gasteiger partial charge in [0, 0.05) is 0 Å². The van der Waals surface area contributed by atoms with Gasteiger partial charge in [0.25, 0.3) is 11.7 Å². The Morgan fingerprint density at radius 2 is 1.38 bits per heavy atom. The van der Waals surface area contributed by atoms with E-state index in [0.717, 1.165) is 0 Å². The van der Waals surface area contributed by atoms with E-state index in [1.807, 2.05) is 0 Å².